The van der Waals surface area contributed by atoms with Crippen LogP contribution in [0.3, 0.4) is 0 Å². The minimum Gasteiger partial charge on any atom is -0.468 e. The lowest BCUT2D eigenvalue weighted by Gasteiger charge is -2.14. The molecule has 160 valence electrons. The molecule has 1 aromatic carbocycles. The van der Waals surface area contributed by atoms with E-state index < -0.39 is 57.2 Å². The molecule has 0 saturated carbocycles. The van der Waals surface area contributed by atoms with Crippen molar-refractivity contribution in [3.63, 3.8) is 0 Å². The minimum absolute atomic E-state index is 0.110. The molecule has 0 saturated heterocycles. The number of nitro benzene ring substituents is 1. The van der Waals surface area contributed by atoms with Gasteiger partial charge in [-0.1, -0.05) is 11.6 Å². The molecule has 0 bridgehead atoms. The molecule has 14 heteroatoms. The molecule has 10 nitrogen and oxygen atoms in total. The summed E-state index contributed by atoms with van der Waals surface area (Å²) in [5.74, 6) is -3.05. The highest BCUT2D eigenvalue weighted by Gasteiger charge is 2.32. The molecule has 1 amide bonds. The number of ether oxygens (including phenoxy) is 2. The summed E-state index contributed by atoms with van der Waals surface area (Å²) in [4.78, 5) is 37.2. The number of rotatable bonds is 6. The number of hydrogen-bond acceptors (Lipinski definition) is 8. The number of nitro groups is 1. The van der Waals surface area contributed by atoms with Crippen molar-refractivity contribution in [2.24, 2.45) is 0 Å². The van der Waals surface area contributed by atoms with Gasteiger partial charge in [-0.25, -0.2) is 10.0 Å². The third kappa shape index (κ3) is 5.33. The predicted molar refractivity (Wildman–Crippen MR) is 92.3 cm³/mol. The standard InChI is InChI=1S/C16H11ClF3N3O7/c1-29-13(24)7-22(26)15(25)10-5-9(2-3-12(10)23(27)28)30-14-11(17)4-8(6-21-14)16(18,19)20/h2-6,26H,7H2,1H3. The number of methoxy groups -OCH3 is 1. The maximum Gasteiger partial charge on any atom is 0.417 e. The van der Waals surface area contributed by atoms with Crippen molar-refractivity contribution in [2.45, 2.75) is 6.18 Å². The van der Waals surface area contributed by atoms with Crippen LogP contribution < -0.4 is 4.74 Å². The van der Waals surface area contributed by atoms with Gasteiger partial charge in [-0.3, -0.25) is 24.9 Å². The fraction of sp³-hybridized carbons (Fsp3) is 0.188. The molecule has 1 N–H and O–H groups in total. The first-order chi connectivity index (χ1) is 13.9. The van der Waals surface area contributed by atoms with Crippen LogP contribution in [0.15, 0.2) is 30.5 Å². The highest BCUT2D eigenvalue weighted by molar-refractivity contribution is 6.31. The van der Waals surface area contributed by atoms with E-state index in [1.54, 1.807) is 0 Å². The Kier molecular flexibility index (Phi) is 6.79. The van der Waals surface area contributed by atoms with Gasteiger partial charge in [0.25, 0.3) is 11.6 Å². The van der Waals surface area contributed by atoms with Crippen LogP contribution in [0.25, 0.3) is 0 Å². The molecule has 1 heterocycles. The van der Waals surface area contributed by atoms with E-state index >= 15 is 0 Å². The van der Waals surface area contributed by atoms with E-state index in [0.29, 0.717) is 12.3 Å². The molecule has 0 unspecified atom stereocenters. The van der Waals surface area contributed by atoms with E-state index in [1.165, 1.54) is 0 Å². The number of carbonyl (C=O) groups is 2. The van der Waals surface area contributed by atoms with Crippen LogP contribution in [0, 0.1) is 10.1 Å². The first-order valence-corrected chi connectivity index (χ1v) is 8.08. The highest BCUT2D eigenvalue weighted by atomic mass is 35.5. The van der Waals surface area contributed by atoms with Crippen LogP contribution in [0.4, 0.5) is 18.9 Å². The number of pyridine rings is 1. The number of carbonyl (C=O) groups excluding carboxylic acids is 2. The Hall–Kier alpha value is -3.45. The number of amides is 1. The van der Waals surface area contributed by atoms with Gasteiger partial charge in [0.05, 0.1) is 17.6 Å². The second kappa shape index (κ2) is 8.92. The highest BCUT2D eigenvalue weighted by Crippen LogP contribution is 2.35. The van der Waals surface area contributed by atoms with Gasteiger partial charge < -0.3 is 9.47 Å². The quantitative estimate of drug-likeness (QED) is 0.307. The monoisotopic (exact) mass is 449 g/mol. The average molecular weight is 450 g/mol. The number of esters is 1. The van der Waals surface area contributed by atoms with Gasteiger partial charge in [0.1, 0.15) is 22.9 Å². The lowest BCUT2D eigenvalue weighted by Crippen LogP contribution is -2.33. The Morgan fingerprint density at radius 3 is 2.53 bits per heavy atom. The summed E-state index contributed by atoms with van der Waals surface area (Å²) in [6, 6.07) is 3.28. The molecule has 30 heavy (non-hydrogen) atoms. The van der Waals surface area contributed by atoms with Crippen molar-refractivity contribution in [1.29, 1.82) is 0 Å². The van der Waals surface area contributed by atoms with Crippen LogP contribution in [-0.4, -0.2) is 45.7 Å². The molecule has 0 aliphatic heterocycles. The van der Waals surface area contributed by atoms with Gasteiger partial charge in [-0.05, 0) is 12.1 Å². The summed E-state index contributed by atoms with van der Waals surface area (Å²) in [6.45, 7) is -0.913. The Morgan fingerprint density at radius 2 is 2.00 bits per heavy atom. The number of benzene rings is 1. The van der Waals surface area contributed by atoms with E-state index in [9.17, 15) is 38.1 Å². The van der Waals surface area contributed by atoms with Crippen molar-refractivity contribution in [3.8, 4) is 11.6 Å². The minimum atomic E-state index is -4.69. The Balaban J connectivity index is 2.37. The second-order valence-electron chi connectivity index (χ2n) is 5.49. The number of nitrogens with zero attached hydrogens (tertiary/aromatic N) is 3. The second-order valence-corrected chi connectivity index (χ2v) is 5.89. The van der Waals surface area contributed by atoms with E-state index in [4.69, 9.17) is 16.3 Å². The first-order valence-electron chi connectivity index (χ1n) is 7.70. The molecule has 2 rings (SSSR count). The molecule has 0 atom stereocenters. The zero-order valence-corrected chi connectivity index (χ0v) is 15.6. The zero-order valence-electron chi connectivity index (χ0n) is 14.8. The fourth-order valence-corrected chi connectivity index (χ4v) is 2.28. The smallest absolute Gasteiger partial charge is 0.417 e. The number of hydroxylamine groups is 2. The summed E-state index contributed by atoms with van der Waals surface area (Å²) < 4.78 is 47.5. The number of halogens is 4. The molecule has 0 fully saturated rings. The van der Waals surface area contributed by atoms with E-state index in [0.717, 1.165) is 25.3 Å². The van der Waals surface area contributed by atoms with Gasteiger partial charge >= 0.3 is 12.1 Å². The maximum atomic E-state index is 12.7. The third-order valence-corrected chi connectivity index (χ3v) is 3.76. The van der Waals surface area contributed by atoms with Crippen LogP contribution in [-0.2, 0) is 15.7 Å². The topological polar surface area (TPSA) is 132 Å². The van der Waals surface area contributed by atoms with Crippen molar-refractivity contribution >= 4 is 29.2 Å². The third-order valence-electron chi connectivity index (χ3n) is 3.49. The van der Waals surface area contributed by atoms with Crippen LogP contribution in [0.1, 0.15) is 15.9 Å². The van der Waals surface area contributed by atoms with Crippen molar-refractivity contribution in [1.82, 2.24) is 10.0 Å². The van der Waals surface area contributed by atoms with Crippen LogP contribution >= 0.6 is 11.6 Å². The molecule has 0 spiro atoms. The Bertz CT molecular complexity index is 1000. The average Bonchev–Trinajstić information content (AvgIpc) is 2.67. The fourth-order valence-electron chi connectivity index (χ4n) is 2.07. The summed E-state index contributed by atoms with van der Waals surface area (Å²) in [5, 5.41) is 20.2. The molecular formula is C16H11ClF3N3O7. The largest absolute Gasteiger partial charge is 0.468 e. The lowest BCUT2D eigenvalue weighted by atomic mass is 10.1. The van der Waals surface area contributed by atoms with Gasteiger partial charge in [-0.15, -0.1) is 0 Å². The van der Waals surface area contributed by atoms with Gasteiger partial charge in [0.2, 0.25) is 5.88 Å². The summed E-state index contributed by atoms with van der Waals surface area (Å²) >= 11 is 5.73. The van der Waals surface area contributed by atoms with E-state index in [-0.39, 0.29) is 10.8 Å². The predicted octanol–water partition coefficient (Wildman–Crippen LogP) is 3.46. The number of alkyl halides is 3. The van der Waals surface area contributed by atoms with E-state index in [2.05, 4.69) is 9.72 Å². The summed E-state index contributed by atoms with van der Waals surface area (Å²) in [6.07, 6.45) is -4.23. The van der Waals surface area contributed by atoms with Crippen molar-refractivity contribution < 1.29 is 42.4 Å². The van der Waals surface area contributed by atoms with E-state index in [1.807, 2.05) is 0 Å². The van der Waals surface area contributed by atoms with Gasteiger partial charge in [0, 0.05) is 18.3 Å². The van der Waals surface area contributed by atoms with Crippen LogP contribution in [0.5, 0.6) is 11.6 Å². The SMILES string of the molecule is COC(=O)CN(O)C(=O)c1cc(Oc2ncc(C(F)(F)F)cc2Cl)ccc1[N+](=O)[O-]. The zero-order chi connectivity index (χ0) is 22.6. The van der Waals surface area contributed by atoms with Gasteiger partial charge in [-0.2, -0.15) is 13.2 Å². The van der Waals surface area contributed by atoms with Crippen molar-refractivity contribution in [2.75, 3.05) is 13.7 Å². The Morgan fingerprint density at radius 1 is 1.33 bits per heavy atom. The molecule has 2 aromatic rings. The van der Waals surface area contributed by atoms with Gasteiger partial charge in [0.15, 0.2) is 0 Å². The Labute approximate surface area is 170 Å². The normalized spacial score (nSPS) is 11.0. The maximum absolute atomic E-state index is 12.7. The molecule has 0 radical (unpaired) electrons. The summed E-state index contributed by atoms with van der Waals surface area (Å²) in [7, 11) is 0.998. The summed E-state index contributed by atoms with van der Waals surface area (Å²) in [5.41, 5.74) is -2.53. The molecule has 1 aromatic heterocycles. The number of aromatic nitrogens is 1. The molecular weight excluding hydrogens is 439 g/mol. The van der Waals surface area contributed by atoms with Crippen molar-refractivity contribution in [3.05, 3.63) is 56.7 Å². The number of hydrogen-bond donors (Lipinski definition) is 1. The van der Waals surface area contributed by atoms with Crippen LogP contribution in [0.2, 0.25) is 5.02 Å². The lowest BCUT2D eigenvalue weighted by molar-refractivity contribution is -0.385. The first kappa shape index (κ1) is 22.8. The molecule has 0 aliphatic carbocycles. The molecule has 0 aliphatic rings.